The number of carbonyl (C=O) groups is 1. The summed E-state index contributed by atoms with van der Waals surface area (Å²) in [5, 5.41) is 13.6. The maximum absolute atomic E-state index is 12.2. The Bertz CT molecular complexity index is 706. The van der Waals surface area contributed by atoms with Crippen LogP contribution in [0.1, 0.15) is 10.4 Å². The third-order valence-electron chi connectivity index (χ3n) is 2.75. The van der Waals surface area contributed by atoms with Crippen molar-refractivity contribution in [2.45, 2.75) is 4.90 Å². The molecule has 108 valence electrons. The van der Waals surface area contributed by atoms with Crippen LogP contribution >= 0.6 is 27.7 Å². The Morgan fingerprint density at radius 2 is 2.00 bits per heavy atom. The fourth-order valence-electron chi connectivity index (χ4n) is 1.74. The van der Waals surface area contributed by atoms with E-state index in [0.717, 1.165) is 4.90 Å². The van der Waals surface area contributed by atoms with Gasteiger partial charge in [-0.25, -0.2) is 0 Å². The molecular weight excluding hydrogens is 356 g/mol. The standard InChI is InChI=1S/C14H11BrN2O3S/c1-21-10-5-2-4-9(8-10)16-14(18)11-6-3-7-12(13(11)15)17(19)20/h2-8H,1H3,(H,16,18). The van der Waals surface area contributed by atoms with Crippen molar-refractivity contribution in [1.82, 2.24) is 0 Å². The first-order valence-electron chi connectivity index (χ1n) is 5.91. The van der Waals surface area contributed by atoms with Gasteiger partial charge >= 0.3 is 0 Å². The van der Waals surface area contributed by atoms with Gasteiger partial charge in [0.25, 0.3) is 11.6 Å². The van der Waals surface area contributed by atoms with E-state index in [1.807, 2.05) is 24.5 Å². The second kappa shape index (κ2) is 6.73. The van der Waals surface area contributed by atoms with Gasteiger partial charge in [-0.1, -0.05) is 12.1 Å². The van der Waals surface area contributed by atoms with Crippen molar-refractivity contribution >= 4 is 45.0 Å². The third-order valence-corrected chi connectivity index (χ3v) is 4.31. The molecule has 0 bridgehead atoms. The molecule has 2 aromatic rings. The summed E-state index contributed by atoms with van der Waals surface area (Å²) < 4.78 is 0.175. The van der Waals surface area contributed by atoms with Gasteiger partial charge in [-0.2, -0.15) is 0 Å². The van der Waals surface area contributed by atoms with Crippen LogP contribution in [0.3, 0.4) is 0 Å². The third kappa shape index (κ3) is 3.62. The first-order chi connectivity index (χ1) is 10.0. The molecule has 0 aromatic heterocycles. The van der Waals surface area contributed by atoms with Crippen molar-refractivity contribution in [3.63, 3.8) is 0 Å². The monoisotopic (exact) mass is 366 g/mol. The highest BCUT2D eigenvalue weighted by Gasteiger charge is 2.19. The lowest BCUT2D eigenvalue weighted by molar-refractivity contribution is -0.385. The molecule has 0 saturated carbocycles. The number of amides is 1. The number of nitrogens with zero attached hydrogens (tertiary/aromatic N) is 1. The maximum Gasteiger partial charge on any atom is 0.284 e. The number of halogens is 1. The van der Waals surface area contributed by atoms with Crippen LogP contribution in [0.2, 0.25) is 0 Å². The van der Waals surface area contributed by atoms with Crippen LogP contribution in [0.4, 0.5) is 11.4 Å². The van der Waals surface area contributed by atoms with Crippen molar-refractivity contribution < 1.29 is 9.72 Å². The fourth-order valence-corrected chi connectivity index (χ4v) is 2.78. The quantitative estimate of drug-likeness (QED) is 0.496. The minimum atomic E-state index is -0.533. The number of benzene rings is 2. The number of nitro groups is 1. The number of hydrogen-bond donors (Lipinski definition) is 1. The minimum absolute atomic E-state index is 0.138. The Labute approximate surface area is 134 Å². The Hall–Kier alpha value is -1.86. The fraction of sp³-hybridized carbons (Fsp3) is 0.0714. The van der Waals surface area contributed by atoms with E-state index in [4.69, 9.17) is 0 Å². The molecule has 1 amide bonds. The molecular formula is C14H11BrN2O3S. The highest BCUT2D eigenvalue weighted by atomic mass is 79.9. The number of hydrogen-bond acceptors (Lipinski definition) is 4. The molecule has 0 aliphatic rings. The Kier molecular flexibility index (Phi) is 4.98. The summed E-state index contributed by atoms with van der Waals surface area (Å²) in [5.41, 5.74) is 0.726. The molecule has 2 rings (SSSR count). The van der Waals surface area contributed by atoms with Crippen LogP contribution in [0.25, 0.3) is 0 Å². The summed E-state index contributed by atoms with van der Waals surface area (Å²) >= 11 is 4.68. The average molecular weight is 367 g/mol. The lowest BCUT2D eigenvalue weighted by Crippen LogP contribution is -2.13. The van der Waals surface area contributed by atoms with Crippen LogP contribution < -0.4 is 5.32 Å². The van der Waals surface area contributed by atoms with Gasteiger partial charge < -0.3 is 5.32 Å². The predicted octanol–water partition coefficient (Wildman–Crippen LogP) is 4.33. The summed E-state index contributed by atoms with van der Waals surface area (Å²) in [5.74, 6) is -0.399. The van der Waals surface area contributed by atoms with E-state index in [2.05, 4.69) is 21.2 Å². The van der Waals surface area contributed by atoms with Gasteiger partial charge in [0.05, 0.1) is 10.5 Å². The van der Waals surface area contributed by atoms with Crippen LogP contribution in [0.15, 0.2) is 51.8 Å². The topological polar surface area (TPSA) is 72.2 Å². The number of rotatable bonds is 4. The lowest BCUT2D eigenvalue weighted by atomic mass is 10.2. The average Bonchev–Trinajstić information content (AvgIpc) is 2.47. The van der Waals surface area contributed by atoms with Crippen molar-refractivity contribution in [2.24, 2.45) is 0 Å². The molecule has 7 heteroatoms. The lowest BCUT2D eigenvalue weighted by Gasteiger charge is -2.08. The Balaban J connectivity index is 2.28. The summed E-state index contributed by atoms with van der Waals surface area (Å²) in [7, 11) is 0. The smallest absolute Gasteiger partial charge is 0.284 e. The molecule has 0 radical (unpaired) electrons. The molecule has 0 aliphatic heterocycles. The van der Waals surface area contributed by atoms with Gasteiger partial charge in [-0.3, -0.25) is 14.9 Å². The van der Waals surface area contributed by atoms with Crippen LogP contribution in [-0.2, 0) is 0 Å². The number of thioether (sulfide) groups is 1. The minimum Gasteiger partial charge on any atom is -0.322 e. The second-order valence-corrected chi connectivity index (χ2v) is 5.75. The largest absolute Gasteiger partial charge is 0.322 e. The molecule has 0 atom stereocenters. The van der Waals surface area contributed by atoms with E-state index in [1.54, 1.807) is 17.8 Å². The van der Waals surface area contributed by atoms with Crippen LogP contribution in [0.5, 0.6) is 0 Å². The summed E-state index contributed by atoms with van der Waals surface area (Å²) in [6.07, 6.45) is 1.94. The molecule has 0 saturated heterocycles. The molecule has 0 spiro atoms. The Morgan fingerprint density at radius 3 is 2.67 bits per heavy atom. The number of anilines is 1. The zero-order valence-electron chi connectivity index (χ0n) is 11.0. The van der Waals surface area contributed by atoms with Gasteiger partial charge in [-0.05, 0) is 46.5 Å². The molecule has 0 aliphatic carbocycles. The second-order valence-electron chi connectivity index (χ2n) is 4.08. The van der Waals surface area contributed by atoms with Crippen molar-refractivity contribution in [1.29, 1.82) is 0 Å². The molecule has 5 nitrogen and oxygen atoms in total. The summed E-state index contributed by atoms with van der Waals surface area (Å²) in [6, 6.07) is 11.7. The van der Waals surface area contributed by atoms with E-state index in [1.165, 1.54) is 18.2 Å². The van der Waals surface area contributed by atoms with Gasteiger partial charge in [-0.15, -0.1) is 11.8 Å². The van der Waals surface area contributed by atoms with Gasteiger partial charge in [0.2, 0.25) is 0 Å². The molecule has 0 heterocycles. The van der Waals surface area contributed by atoms with Crippen LogP contribution in [0, 0.1) is 10.1 Å². The molecule has 0 unspecified atom stereocenters. The van der Waals surface area contributed by atoms with E-state index in [-0.39, 0.29) is 15.7 Å². The van der Waals surface area contributed by atoms with E-state index >= 15 is 0 Å². The Morgan fingerprint density at radius 1 is 1.29 bits per heavy atom. The van der Waals surface area contributed by atoms with Crippen LogP contribution in [-0.4, -0.2) is 17.1 Å². The summed E-state index contributed by atoms with van der Waals surface area (Å²) in [6.45, 7) is 0. The van der Waals surface area contributed by atoms with E-state index < -0.39 is 10.8 Å². The molecule has 1 N–H and O–H groups in total. The van der Waals surface area contributed by atoms with Gasteiger partial charge in [0.15, 0.2) is 0 Å². The number of nitro benzene ring substituents is 1. The highest BCUT2D eigenvalue weighted by molar-refractivity contribution is 9.10. The van der Waals surface area contributed by atoms with E-state index in [9.17, 15) is 14.9 Å². The van der Waals surface area contributed by atoms with E-state index in [0.29, 0.717) is 5.69 Å². The maximum atomic E-state index is 12.2. The van der Waals surface area contributed by atoms with Crippen molar-refractivity contribution in [3.05, 3.63) is 62.6 Å². The van der Waals surface area contributed by atoms with Crippen molar-refractivity contribution in [3.8, 4) is 0 Å². The number of carbonyl (C=O) groups excluding carboxylic acids is 1. The van der Waals surface area contributed by atoms with Gasteiger partial charge in [0, 0.05) is 16.6 Å². The van der Waals surface area contributed by atoms with Crippen molar-refractivity contribution in [2.75, 3.05) is 11.6 Å². The first kappa shape index (κ1) is 15.5. The zero-order chi connectivity index (χ0) is 15.4. The normalized spacial score (nSPS) is 10.2. The predicted molar refractivity (Wildman–Crippen MR) is 87.0 cm³/mol. The first-order valence-corrected chi connectivity index (χ1v) is 7.93. The number of nitrogens with one attached hydrogen (secondary N) is 1. The summed E-state index contributed by atoms with van der Waals surface area (Å²) in [4.78, 5) is 23.6. The zero-order valence-corrected chi connectivity index (χ0v) is 13.4. The molecule has 21 heavy (non-hydrogen) atoms. The SMILES string of the molecule is CSc1cccc(NC(=O)c2cccc([N+](=O)[O-])c2Br)c1. The highest BCUT2D eigenvalue weighted by Crippen LogP contribution is 2.29. The van der Waals surface area contributed by atoms with Gasteiger partial charge in [0.1, 0.15) is 4.47 Å². The molecule has 2 aromatic carbocycles. The molecule has 0 fully saturated rings.